The molecule has 0 bridgehead atoms. The van der Waals surface area contributed by atoms with Crippen LogP contribution < -0.4 is 10.1 Å². The second-order valence-electron chi connectivity index (χ2n) is 5.88. The number of piperazine rings is 1. The smallest absolute Gasteiger partial charge is 0.317 e. The number of carbonyl (C=O) groups is 2. The molecule has 2 aromatic rings. The molecular formula is C18H22N4O4. The van der Waals surface area contributed by atoms with E-state index in [0.29, 0.717) is 51.5 Å². The molecule has 8 nitrogen and oxygen atoms in total. The van der Waals surface area contributed by atoms with Crippen LogP contribution in [0.3, 0.4) is 0 Å². The van der Waals surface area contributed by atoms with E-state index in [2.05, 4.69) is 10.3 Å². The van der Waals surface area contributed by atoms with Crippen LogP contribution >= 0.6 is 0 Å². The molecule has 26 heavy (non-hydrogen) atoms. The van der Waals surface area contributed by atoms with Crippen LogP contribution in [0.5, 0.6) is 5.75 Å². The standard InChI is InChI=1S/C18H22N4O4/c23-17(16-5-2-12-26-16)21-8-10-22(11-9-21)18(24)20-7-3-13-25-15-4-1-6-19-14-15/h1-2,4-6,12,14H,3,7-11,13H2,(H,20,24). The van der Waals surface area contributed by atoms with Gasteiger partial charge in [-0.2, -0.15) is 0 Å². The Balaban J connectivity index is 1.32. The van der Waals surface area contributed by atoms with Crippen molar-refractivity contribution in [1.82, 2.24) is 20.1 Å². The van der Waals surface area contributed by atoms with Gasteiger partial charge in [0.2, 0.25) is 0 Å². The van der Waals surface area contributed by atoms with E-state index < -0.39 is 0 Å². The topological polar surface area (TPSA) is 87.9 Å². The number of nitrogens with one attached hydrogen (secondary N) is 1. The predicted octanol–water partition coefficient (Wildman–Crippen LogP) is 1.61. The summed E-state index contributed by atoms with van der Waals surface area (Å²) in [7, 11) is 0. The lowest BCUT2D eigenvalue weighted by Crippen LogP contribution is -2.53. The molecule has 138 valence electrons. The summed E-state index contributed by atoms with van der Waals surface area (Å²) in [4.78, 5) is 31.8. The number of ether oxygens (including phenoxy) is 1. The first-order valence-corrected chi connectivity index (χ1v) is 8.62. The maximum atomic E-state index is 12.2. The van der Waals surface area contributed by atoms with Gasteiger partial charge in [0.25, 0.3) is 5.91 Å². The van der Waals surface area contributed by atoms with Gasteiger partial charge in [0.15, 0.2) is 5.76 Å². The van der Waals surface area contributed by atoms with E-state index >= 15 is 0 Å². The van der Waals surface area contributed by atoms with Gasteiger partial charge in [-0.1, -0.05) is 0 Å². The normalized spacial score (nSPS) is 14.2. The van der Waals surface area contributed by atoms with Gasteiger partial charge in [-0.05, 0) is 30.7 Å². The summed E-state index contributed by atoms with van der Waals surface area (Å²) >= 11 is 0. The Kier molecular flexibility index (Phi) is 6.08. The van der Waals surface area contributed by atoms with Crippen LogP contribution in [0.1, 0.15) is 17.0 Å². The Labute approximate surface area is 151 Å². The lowest BCUT2D eigenvalue weighted by atomic mass is 10.3. The zero-order valence-electron chi connectivity index (χ0n) is 14.5. The van der Waals surface area contributed by atoms with Crippen molar-refractivity contribution in [1.29, 1.82) is 0 Å². The molecule has 0 atom stereocenters. The molecule has 0 aliphatic carbocycles. The van der Waals surface area contributed by atoms with Gasteiger partial charge >= 0.3 is 6.03 Å². The van der Waals surface area contributed by atoms with Gasteiger partial charge in [0, 0.05) is 38.9 Å². The maximum Gasteiger partial charge on any atom is 0.317 e. The molecule has 3 amide bonds. The summed E-state index contributed by atoms with van der Waals surface area (Å²) in [5.41, 5.74) is 0. The van der Waals surface area contributed by atoms with Gasteiger partial charge in [-0.15, -0.1) is 0 Å². The van der Waals surface area contributed by atoms with Crippen molar-refractivity contribution >= 4 is 11.9 Å². The number of hydrogen-bond acceptors (Lipinski definition) is 5. The number of rotatable bonds is 6. The summed E-state index contributed by atoms with van der Waals surface area (Å²) < 4.78 is 10.7. The Bertz CT molecular complexity index is 697. The quantitative estimate of drug-likeness (QED) is 0.793. The molecule has 2 aromatic heterocycles. The second kappa shape index (κ2) is 8.89. The van der Waals surface area contributed by atoms with E-state index in [-0.39, 0.29) is 11.9 Å². The molecule has 0 radical (unpaired) electrons. The Hall–Kier alpha value is -3.03. The van der Waals surface area contributed by atoms with Crippen LogP contribution in [-0.4, -0.2) is 66.1 Å². The third-order valence-electron chi connectivity index (χ3n) is 4.09. The Morgan fingerprint density at radius 3 is 2.65 bits per heavy atom. The highest BCUT2D eigenvalue weighted by molar-refractivity contribution is 5.91. The van der Waals surface area contributed by atoms with Gasteiger partial charge in [-0.3, -0.25) is 9.78 Å². The van der Waals surface area contributed by atoms with Crippen molar-refractivity contribution in [3.63, 3.8) is 0 Å². The predicted molar refractivity (Wildman–Crippen MR) is 93.9 cm³/mol. The molecule has 0 unspecified atom stereocenters. The molecular weight excluding hydrogens is 336 g/mol. The first kappa shape index (κ1) is 17.8. The SMILES string of the molecule is O=C(NCCCOc1cccnc1)N1CCN(C(=O)c2ccco2)CC1. The number of hydrogen-bond donors (Lipinski definition) is 1. The van der Waals surface area contributed by atoms with Gasteiger partial charge < -0.3 is 24.3 Å². The summed E-state index contributed by atoms with van der Waals surface area (Å²) in [6.07, 6.45) is 5.53. The number of nitrogens with zero attached hydrogens (tertiary/aromatic N) is 3. The highest BCUT2D eigenvalue weighted by atomic mass is 16.5. The fourth-order valence-electron chi connectivity index (χ4n) is 2.67. The van der Waals surface area contributed by atoms with Crippen molar-refractivity contribution in [2.75, 3.05) is 39.3 Å². The van der Waals surface area contributed by atoms with Crippen LogP contribution in [0.15, 0.2) is 47.3 Å². The zero-order chi connectivity index (χ0) is 18.2. The molecule has 1 aliphatic heterocycles. The molecule has 3 rings (SSSR count). The second-order valence-corrected chi connectivity index (χ2v) is 5.88. The lowest BCUT2D eigenvalue weighted by molar-refractivity contribution is 0.0634. The molecule has 1 aliphatic rings. The van der Waals surface area contributed by atoms with Crippen molar-refractivity contribution in [2.24, 2.45) is 0 Å². The van der Waals surface area contributed by atoms with E-state index in [1.807, 2.05) is 12.1 Å². The molecule has 1 fully saturated rings. The molecule has 0 saturated carbocycles. The Morgan fingerprint density at radius 1 is 1.15 bits per heavy atom. The third kappa shape index (κ3) is 4.75. The average Bonchev–Trinajstić information content (AvgIpc) is 3.23. The first-order chi connectivity index (χ1) is 12.7. The summed E-state index contributed by atoms with van der Waals surface area (Å²) in [6, 6.07) is 6.88. The highest BCUT2D eigenvalue weighted by Gasteiger charge is 2.25. The highest BCUT2D eigenvalue weighted by Crippen LogP contribution is 2.09. The minimum absolute atomic E-state index is 0.114. The van der Waals surface area contributed by atoms with Gasteiger partial charge in [-0.25, -0.2) is 4.79 Å². The molecule has 1 saturated heterocycles. The molecule has 0 spiro atoms. The van der Waals surface area contributed by atoms with Gasteiger partial charge in [0.05, 0.1) is 19.1 Å². The molecule has 3 heterocycles. The number of carbonyl (C=O) groups excluding carboxylic acids is 2. The summed E-state index contributed by atoms with van der Waals surface area (Å²) in [5.74, 6) is 0.912. The third-order valence-corrected chi connectivity index (χ3v) is 4.09. The number of aromatic nitrogens is 1. The summed E-state index contributed by atoms with van der Waals surface area (Å²) in [5, 5.41) is 2.88. The fraction of sp³-hybridized carbons (Fsp3) is 0.389. The number of amides is 3. The van der Waals surface area contributed by atoms with Crippen molar-refractivity contribution in [2.45, 2.75) is 6.42 Å². The fourth-order valence-corrected chi connectivity index (χ4v) is 2.67. The number of pyridine rings is 1. The molecule has 1 N–H and O–H groups in total. The first-order valence-electron chi connectivity index (χ1n) is 8.62. The van der Waals surface area contributed by atoms with Crippen LogP contribution in [0.2, 0.25) is 0 Å². The van der Waals surface area contributed by atoms with Gasteiger partial charge in [0.1, 0.15) is 5.75 Å². The van der Waals surface area contributed by atoms with E-state index in [0.717, 1.165) is 5.75 Å². The van der Waals surface area contributed by atoms with Crippen molar-refractivity contribution in [3.05, 3.63) is 48.7 Å². The minimum Gasteiger partial charge on any atom is -0.492 e. The van der Waals surface area contributed by atoms with E-state index in [1.54, 1.807) is 34.3 Å². The monoisotopic (exact) mass is 358 g/mol. The van der Waals surface area contributed by atoms with Crippen molar-refractivity contribution in [3.8, 4) is 5.75 Å². The maximum absolute atomic E-state index is 12.2. The van der Waals surface area contributed by atoms with Crippen LogP contribution in [0, 0.1) is 0 Å². The molecule has 0 aromatic carbocycles. The molecule has 8 heteroatoms. The van der Waals surface area contributed by atoms with Crippen LogP contribution in [-0.2, 0) is 0 Å². The van der Waals surface area contributed by atoms with E-state index in [4.69, 9.17) is 9.15 Å². The lowest BCUT2D eigenvalue weighted by Gasteiger charge is -2.34. The average molecular weight is 358 g/mol. The van der Waals surface area contributed by atoms with Crippen LogP contribution in [0.25, 0.3) is 0 Å². The van der Waals surface area contributed by atoms with Crippen LogP contribution in [0.4, 0.5) is 4.79 Å². The number of furan rings is 1. The van der Waals surface area contributed by atoms with E-state index in [9.17, 15) is 9.59 Å². The van der Waals surface area contributed by atoms with E-state index in [1.165, 1.54) is 6.26 Å². The minimum atomic E-state index is -0.136. The largest absolute Gasteiger partial charge is 0.492 e. The summed E-state index contributed by atoms with van der Waals surface area (Å²) in [6.45, 7) is 3.05. The number of urea groups is 1. The zero-order valence-corrected chi connectivity index (χ0v) is 14.5. The van der Waals surface area contributed by atoms with Crippen molar-refractivity contribution < 1.29 is 18.7 Å². The Morgan fingerprint density at radius 2 is 1.96 bits per heavy atom.